The number of rotatable bonds is 9. The van der Waals surface area contributed by atoms with Crippen molar-refractivity contribution in [1.82, 2.24) is 10.2 Å². The van der Waals surface area contributed by atoms with Crippen molar-refractivity contribution in [2.24, 2.45) is 0 Å². The molecule has 0 aliphatic heterocycles. The van der Waals surface area contributed by atoms with Crippen LogP contribution in [0.4, 0.5) is 5.69 Å². The highest BCUT2D eigenvalue weighted by atomic mass is 79.9. The molecule has 2 aromatic rings. The average Bonchev–Trinajstić information content (AvgIpc) is 2.74. The topological polar surface area (TPSA) is 86.8 Å². The van der Waals surface area contributed by atoms with Crippen molar-refractivity contribution in [1.29, 1.82) is 0 Å². The van der Waals surface area contributed by atoms with Gasteiger partial charge in [-0.15, -0.1) is 0 Å². The van der Waals surface area contributed by atoms with E-state index in [0.29, 0.717) is 5.69 Å². The Hall–Kier alpha value is -2.39. The van der Waals surface area contributed by atoms with E-state index in [0.717, 1.165) is 26.2 Å². The van der Waals surface area contributed by atoms with Crippen molar-refractivity contribution in [3.05, 3.63) is 64.1 Å². The van der Waals surface area contributed by atoms with E-state index in [-0.39, 0.29) is 23.9 Å². The summed E-state index contributed by atoms with van der Waals surface area (Å²) in [6, 6.07) is 13.7. The first-order chi connectivity index (χ1) is 16.1. The molecule has 1 N–H and O–H groups in total. The van der Waals surface area contributed by atoms with Gasteiger partial charge in [-0.2, -0.15) is 0 Å². The zero-order valence-corrected chi connectivity index (χ0v) is 23.9. The maximum atomic E-state index is 13.5. The van der Waals surface area contributed by atoms with Crippen LogP contribution in [0.15, 0.2) is 53.0 Å². The first kappa shape index (κ1) is 28.8. The standard InChI is InChI=1S/C26H36BrN3O4S/c1-18(2)28-25(32)19(3)29(16-20-8-12-22(27)13-9-20)24(31)17-30(35(7,33)34)23-14-10-21(11-15-23)26(4,5)6/h8-15,18-19H,16-17H2,1-7H3,(H,28,32)/t19-/m0/s1. The maximum Gasteiger partial charge on any atom is 0.244 e. The Morgan fingerprint density at radius 2 is 1.51 bits per heavy atom. The molecule has 0 aliphatic carbocycles. The highest BCUT2D eigenvalue weighted by Gasteiger charge is 2.30. The summed E-state index contributed by atoms with van der Waals surface area (Å²) in [4.78, 5) is 27.7. The third-order valence-electron chi connectivity index (χ3n) is 5.56. The normalized spacial score (nSPS) is 12.8. The fourth-order valence-corrected chi connectivity index (χ4v) is 4.63. The molecule has 2 amide bonds. The molecule has 0 aromatic heterocycles. The first-order valence-corrected chi connectivity index (χ1v) is 14.2. The minimum Gasteiger partial charge on any atom is -0.352 e. The first-order valence-electron chi connectivity index (χ1n) is 11.5. The molecule has 0 radical (unpaired) electrons. The predicted octanol–water partition coefficient (Wildman–Crippen LogP) is 4.45. The summed E-state index contributed by atoms with van der Waals surface area (Å²) in [5.41, 5.74) is 2.19. The molecule has 1 atom stereocenters. The second-order valence-corrected chi connectivity index (χ2v) is 12.9. The van der Waals surface area contributed by atoms with E-state index >= 15 is 0 Å². The number of benzene rings is 2. The van der Waals surface area contributed by atoms with Gasteiger partial charge in [0.2, 0.25) is 21.8 Å². The molecule has 0 aliphatic rings. The molecule has 192 valence electrons. The summed E-state index contributed by atoms with van der Waals surface area (Å²) >= 11 is 3.40. The zero-order chi connectivity index (χ0) is 26.6. The van der Waals surface area contributed by atoms with Crippen LogP contribution in [0.25, 0.3) is 0 Å². The third kappa shape index (κ3) is 8.35. The van der Waals surface area contributed by atoms with Crippen molar-refractivity contribution in [3.8, 4) is 0 Å². The monoisotopic (exact) mass is 565 g/mol. The third-order valence-corrected chi connectivity index (χ3v) is 7.23. The average molecular weight is 567 g/mol. The Morgan fingerprint density at radius 1 is 0.971 bits per heavy atom. The van der Waals surface area contributed by atoms with E-state index in [4.69, 9.17) is 0 Å². The van der Waals surface area contributed by atoms with Gasteiger partial charge in [-0.25, -0.2) is 8.42 Å². The lowest BCUT2D eigenvalue weighted by Gasteiger charge is -2.32. The molecule has 2 aromatic carbocycles. The van der Waals surface area contributed by atoms with Crippen LogP contribution in [0, 0.1) is 0 Å². The molecule has 0 heterocycles. The summed E-state index contributed by atoms with van der Waals surface area (Å²) < 4.78 is 27.4. The van der Waals surface area contributed by atoms with E-state index in [1.165, 1.54) is 4.90 Å². The fourth-order valence-electron chi connectivity index (χ4n) is 3.52. The van der Waals surface area contributed by atoms with Gasteiger partial charge in [-0.05, 0) is 61.6 Å². The van der Waals surface area contributed by atoms with E-state index in [1.807, 2.05) is 50.2 Å². The van der Waals surface area contributed by atoms with Gasteiger partial charge in [-0.3, -0.25) is 13.9 Å². The Labute approximate surface area is 218 Å². The van der Waals surface area contributed by atoms with E-state index < -0.39 is 28.5 Å². The number of anilines is 1. The van der Waals surface area contributed by atoms with Gasteiger partial charge in [0.15, 0.2) is 0 Å². The lowest BCUT2D eigenvalue weighted by molar-refractivity contribution is -0.139. The maximum absolute atomic E-state index is 13.5. The van der Waals surface area contributed by atoms with E-state index in [1.54, 1.807) is 19.1 Å². The second-order valence-electron chi connectivity index (χ2n) is 10.1. The minimum absolute atomic E-state index is 0.0923. The number of nitrogens with zero attached hydrogens (tertiary/aromatic N) is 2. The van der Waals surface area contributed by atoms with Crippen LogP contribution in [0.5, 0.6) is 0 Å². The largest absolute Gasteiger partial charge is 0.352 e. The molecular formula is C26H36BrN3O4S. The number of hydrogen-bond donors (Lipinski definition) is 1. The van der Waals surface area contributed by atoms with Crippen LogP contribution >= 0.6 is 15.9 Å². The van der Waals surface area contributed by atoms with Crippen LogP contribution in [0.3, 0.4) is 0 Å². The molecule has 35 heavy (non-hydrogen) atoms. The Morgan fingerprint density at radius 3 is 1.97 bits per heavy atom. The van der Waals surface area contributed by atoms with Crippen LogP contribution in [-0.4, -0.2) is 50.0 Å². The number of sulfonamides is 1. The summed E-state index contributed by atoms with van der Waals surface area (Å²) in [5.74, 6) is -0.768. The van der Waals surface area contributed by atoms with Crippen molar-refractivity contribution in [2.45, 2.75) is 65.6 Å². The van der Waals surface area contributed by atoms with Crippen molar-refractivity contribution >= 4 is 43.5 Å². The van der Waals surface area contributed by atoms with Crippen LogP contribution in [-0.2, 0) is 31.6 Å². The number of nitrogens with one attached hydrogen (secondary N) is 1. The summed E-state index contributed by atoms with van der Waals surface area (Å²) in [6.45, 7) is 11.3. The predicted molar refractivity (Wildman–Crippen MR) is 145 cm³/mol. The molecule has 0 spiro atoms. The number of carbonyl (C=O) groups is 2. The van der Waals surface area contributed by atoms with Crippen LogP contribution in [0.2, 0.25) is 0 Å². The van der Waals surface area contributed by atoms with Crippen molar-refractivity contribution < 1.29 is 18.0 Å². The smallest absolute Gasteiger partial charge is 0.244 e. The number of amides is 2. The van der Waals surface area contributed by atoms with Gasteiger partial charge >= 0.3 is 0 Å². The number of hydrogen-bond acceptors (Lipinski definition) is 4. The zero-order valence-electron chi connectivity index (χ0n) is 21.5. The lowest BCUT2D eigenvalue weighted by atomic mass is 9.87. The Kier molecular flexibility index (Phi) is 9.53. The molecule has 2 rings (SSSR count). The fraction of sp³-hybridized carbons (Fsp3) is 0.462. The quantitative estimate of drug-likeness (QED) is 0.486. The van der Waals surface area contributed by atoms with Gasteiger partial charge in [0, 0.05) is 17.1 Å². The van der Waals surface area contributed by atoms with Crippen molar-refractivity contribution in [2.75, 3.05) is 17.1 Å². The molecule has 9 heteroatoms. The minimum atomic E-state index is -3.76. The summed E-state index contributed by atoms with van der Waals surface area (Å²) in [5, 5.41) is 2.84. The van der Waals surface area contributed by atoms with Gasteiger partial charge in [0.05, 0.1) is 11.9 Å². The van der Waals surface area contributed by atoms with Gasteiger partial charge < -0.3 is 10.2 Å². The van der Waals surface area contributed by atoms with Gasteiger partial charge in [0.25, 0.3) is 0 Å². The van der Waals surface area contributed by atoms with Gasteiger partial charge in [0.1, 0.15) is 12.6 Å². The van der Waals surface area contributed by atoms with Crippen LogP contribution in [0.1, 0.15) is 52.7 Å². The SMILES string of the molecule is CC(C)NC(=O)[C@H](C)N(Cc1ccc(Br)cc1)C(=O)CN(c1ccc(C(C)(C)C)cc1)S(C)(=O)=O. The number of halogens is 1. The molecule has 0 unspecified atom stereocenters. The molecule has 0 fully saturated rings. The Bertz CT molecular complexity index is 1120. The molecule has 0 saturated carbocycles. The summed E-state index contributed by atoms with van der Waals surface area (Å²) in [7, 11) is -3.76. The highest BCUT2D eigenvalue weighted by molar-refractivity contribution is 9.10. The van der Waals surface area contributed by atoms with Crippen molar-refractivity contribution in [3.63, 3.8) is 0 Å². The number of carbonyl (C=O) groups excluding carboxylic acids is 2. The highest BCUT2D eigenvalue weighted by Crippen LogP contribution is 2.26. The molecule has 0 saturated heterocycles. The van der Waals surface area contributed by atoms with E-state index in [9.17, 15) is 18.0 Å². The lowest BCUT2D eigenvalue weighted by Crippen LogP contribution is -2.52. The van der Waals surface area contributed by atoms with E-state index in [2.05, 4.69) is 42.0 Å². The van der Waals surface area contributed by atoms with Crippen LogP contribution < -0.4 is 9.62 Å². The molecule has 0 bridgehead atoms. The molecular weight excluding hydrogens is 530 g/mol. The second kappa shape index (κ2) is 11.6. The Balaban J connectivity index is 2.39. The van der Waals surface area contributed by atoms with Gasteiger partial charge in [-0.1, -0.05) is 61.0 Å². The molecule has 7 nitrogen and oxygen atoms in total. The summed E-state index contributed by atoms with van der Waals surface area (Å²) in [6.07, 6.45) is 1.08.